The highest BCUT2D eigenvalue weighted by molar-refractivity contribution is 6.30. The molecule has 4 aromatic rings. The molecule has 1 aliphatic heterocycles. The number of rotatable bonds is 4. The van der Waals surface area contributed by atoms with Crippen LogP contribution in [0.15, 0.2) is 84.4 Å². The second kappa shape index (κ2) is 7.93. The second-order valence-electron chi connectivity index (χ2n) is 7.25. The molecule has 0 aliphatic carbocycles. The van der Waals surface area contributed by atoms with Crippen LogP contribution in [0.3, 0.4) is 0 Å². The normalized spacial score (nSPS) is 15.5. The van der Waals surface area contributed by atoms with E-state index in [0.29, 0.717) is 22.2 Å². The van der Waals surface area contributed by atoms with Gasteiger partial charge in [-0.25, -0.2) is 9.78 Å². The summed E-state index contributed by atoms with van der Waals surface area (Å²) < 4.78 is 7.56. The van der Waals surface area contributed by atoms with Crippen molar-refractivity contribution in [3.05, 3.63) is 101 Å². The van der Waals surface area contributed by atoms with Crippen molar-refractivity contribution in [2.24, 2.45) is 0 Å². The standard InChI is InChI=1S/C25H20ClN3O2/c1-2-31-24(30)21-22(16-9-4-3-5-10-16)28-25-27-19-13-6-7-14-20(19)29(25)23(21)17-11-8-12-18(26)15-17/h3-15,23H,2H2,1H3,(H,27,28)/t23-/m1/s1. The predicted molar refractivity (Wildman–Crippen MR) is 123 cm³/mol. The van der Waals surface area contributed by atoms with Gasteiger partial charge in [0.25, 0.3) is 0 Å². The first-order valence-corrected chi connectivity index (χ1v) is 10.5. The van der Waals surface area contributed by atoms with Crippen LogP contribution >= 0.6 is 11.6 Å². The molecular formula is C25H20ClN3O2. The maximum Gasteiger partial charge on any atom is 0.338 e. The van der Waals surface area contributed by atoms with Crippen LogP contribution in [-0.2, 0) is 9.53 Å². The van der Waals surface area contributed by atoms with Crippen molar-refractivity contribution in [3.8, 4) is 0 Å². The number of aromatic nitrogens is 2. The lowest BCUT2D eigenvalue weighted by Crippen LogP contribution is -2.29. The Morgan fingerprint density at radius 3 is 2.61 bits per heavy atom. The molecule has 1 atom stereocenters. The van der Waals surface area contributed by atoms with E-state index in [1.54, 1.807) is 0 Å². The molecular weight excluding hydrogens is 410 g/mol. The minimum Gasteiger partial charge on any atom is -0.463 e. The number of halogens is 1. The van der Waals surface area contributed by atoms with E-state index in [9.17, 15) is 4.79 Å². The summed E-state index contributed by atoms with van der Waals surface area (Å²) in [5.74, 6) is 0.292. The van der Waals surface area contributed by atoms with Gasteiger partial charge in [0.1, 0.15) is 0 Å². The molecule has 0 saturated heterocycles. The Kier molecular flexibility index (Phi) is 4.96. The van der Waals surface area contributed by atoms with Gasteiger partial charge in [0, 0.05) is 5.02 Å². The largest absolute Gasteiger partial charge is 0.463 e. The van der Waals surface area contributed by atoms with Crippen molar-refractivity contribution < 1.29 is 9.53 Å². The second-order valence-corrected chi connectivity index (χ2v) is 7.69. The highest BCUT2D eigenvalue weighted by Gasteiger charge is 2.36. The van der Waals surface area contributed by atoms with Crippen molar-refractivity contribution >= 4 is 40.2 Å². The third-order valence-corrected chi connectivity index (χ3v) is 5.59. The van der Waals surface area contributed by atoms with Gasteiger partial charge >= 0.3 is 5.97 Å². The number of ether oxygens (including phenoxy) is 1. The van der Waals surface area contributed by atoms with E-state index < -0.39 is 6.04 Å². The van der Waals surface area contributed by atoms with Crippen molar-refractivity contribution in [1.82, 2.24) is 9.55 Å². The molecule has 5 rings (SSSR count). The molecule has 2 heterocycles. The summed E-state index contributed by atoms with van der Waals surface area (Å²) in [6.45, 7) is 2.09. The van der Waals surface area contributed by atoms with E-state index >= 15 is 0 Å². The van der Waals surface area contributed by atoms with Gasteiger partial charge in [-0.1, -0.05) is 66.2 Å². The summed E-state index contributed by atoms with van der Waals surface area (Å²) in [7, 11) is 0. The summed E-state index contributed by atoms with van der Waals surface area (Å²) in [6.07, 6.45) is 0. The van der Waals surface area contributed by atoms with Crippen LogP contribution < -0.4 is 5.32 Å². The zero-order valence-corrected chi connectivity index (χ0v) is 17.6. The topological polar surface area (TPSA) is 56.1 Å². The first kappa shape index (κ1) is 19.4. The number of nitrogens with one attached hydrogen (secondary N) is 1. The third kappa shape index (κ3) is 3.37. The third-order valence-electron chi connectivity index (χ3n) is 5.36. The van der Waals surface area contributed by atoms with E-state index in [2.05, 4.69) is 5.32 Å². The number of hydrogen-bond donors (Lipinski definition) is 1. The van der Waals surface area contributed by atoms with Crippen LogP contribution in [0.5, 0.6) is 0 Å². The fourth-order valence-electron chi connectivity index (χ4n) is 4.09. The van der Waals surface area contributed by atoms with Gasteiger partial charge in [-0.2, -0.15) is 0 Å². The SMILES string of the molecule is CCOC(=O)C1=C(c2ccccc2)Nc2nc3ccccc3n2[C@@H]1c1cccc(Cl)c1. The summed E-state index contributed by atoms with van der Waals surface area (Å²) in [5, 5.41) is 4.01. The van der Waals surface area contributed by atoms with Crippen LogP contribution in [0.1, 0.15) is 24.1 Å². The first-order valence-electron chi connectivity index (χ1n) is 10.1. The van der Waals surface area contributed by atoms with Gasteiger partial charge < -0.3 is 10.1 Å². The Morgan fingerprint density at radius 1 is 1.06 bits per heavy atom. The zero-order valence-electron chi connectivity index (χ0n) is 16.9. The molecule has 31 heavy (non-hydrogen) atoms. The fraction of sp³-hybridized carbons (Fsp3) is 0.120. The van der Waals surface area contributed by atoms with Crippen LogP contribution in [-0.4, -0.2) is 22.1 Å². The van der Waals surface area contributed by atoms with E-state index in [1.165, 1.54) is 0 Å². The molecule has 154 valence electrons. The Hall–Kier alpha value is -3.57. The van der Waals surface area contributed by atoms with Gasteiger partial charge in [0.05, 0.1) is 35.0 Å². The molecule has 1 N–H and O–H groups in total. The number of carbonyl (C=O) groups excluding carboxylic acids is 1. The molecule has 0 radical (unpaired) electrons. The highest BCUT2D eigenvalue weighted by Crippen LogP contribution is 2.42. The van der Waals surface area contributed by atoms with Crippen LogP contribution in [0.25, 0.3) is 16.7 Å². The summed E-state index contributed by atoms with van der Waals surface area (Å²) >= 11 is 6.35. The number of benzene rings is 3. The molecule has 0 bridgehead atoms. The lowest BCUT2D eigenvalue weighted by Gasteiger charge is -2.31. The van der Waals surface area contributed by atoms with E-state index in [4.69, 9.17) is 21.3 Å². The molecule has 1 aromatic heterocycles. The monoisotopic (exact) mass is 429 g/mol. The highest BCUT2D eigenvalue weighted by atomic mass is 35.5. The zero-order chi connectivity index (χ0) is 21.4. The molecule has 6 heteroatoms. The molecule has 1 aliphatic rings. The van der Waals surface area contributed by atoms with Crippen molar-refractivity contribution in [2.45, 2.75) is 13.0 Å². The summed E-state index contributed by atoms with van der Waals surface area (Å²) in [4.78, 5) is 18.1. The van der Waals surface area contributed by atoms with Gasteiger partial charge in [-0.3, -0.25) is 4.57 Å². The smallest absolute Gasteiger partial charge is 0.338 e. The number of fused-ring (bicyclic) bond motifs is 3. The van der Waals surface area contributed by atoms with Crippen molar-refractivity contribution in [1.29, 1.82) is 0 Å². The number of anilines is 1. The summed E-state index contributed by atoms with van der Waals surface area (Å²) in [6, 6.07) is 24.8. The van der Waals surface area contributed by atoms with Gasteiger partial charge in [0.15, 0.2) is 0 Å². The molecule has 0 spiro atoms. The number of hydrogen-bond acceptors (Lipinski definition) is 4. The predicted octanol–water partition coefficient (Wildman–Crippen LogP) is 5.68. The van der Waals surface area contributed by atoms with Gasteiger partial charge in [-0.15, -0.1) is 0 Å². The maximum absolute atomic E-state index is 13.3. The fourth-order valence-corrected chi connectivity index (χ4v) is 4.29. The molecule has 0 saturated carbocycles. The molecule has 3 aromatic carbocycles. The number of carbonyl (C=O) groups is 1. The molecule has 0 unspecified atom stereocenters. The van der Waals surface area contributed by atoms with Crippen LogP contribution in [0, 0.1) is 0 Å². The van der Waals surface area contributed by atoms with E-state index in [1.807, 2.05) is 90.4 Å². The number of nitrogens with zero attached hydrogens (tertiary/aromatic N) is 2. The Bertz CT molecular complexity index is 1310. The van der Waals surface area contributed by atoms with Crippen LogP contribution in [0.2, 0.25) is 5.02 Å². The molecule has 0 amide bonds. The first-order chi connectivity index (χ1) is 15.2. The Labute approximate surface area is 184 Å². The maximum atomic E-state index is 13.3. The molecule has 0 fully saturated rings. The van der Waals surface area contributed by atoms with E-state index in [0.717, 1.165) is 22.2 Å². The lowest BCUT2D eigenvalue weighted by atomic mass is 9.92. The average Bonchev–Trinajstić information content (AvgIpc) is 3.17. The Balaban J connectivity index is 1.84. The van der Waals surface area contributed by atoms with Crippen molar-refractivity contribution in [3.63, 3.8) is 0 Å². The van der Waals surface area contributed by atoms with Crippen molar-refractivity contribution in [2.75, 3.05) is 11.9 Å². The Morgan fingerprint density at radius 2 is 1.84 bits per heavy atom. The van der Waals surface area contributed by atoms with Gasteiger partial charge in [-0.05, 0) is 42.3 Å². The van der Waals surface area contributed by atoms with E-state index in [-0.39, 0.29) is 12.6 Å². The molecule has 5 nitrogen and oxygen atoms in total. The number of imidazole rings is 1. The number of esters is 1. The number of para-hydroxylation sites is 2. The van der Waals surface area contributed by atoms with Gasteiger partial charge in [0.2, 0.25) is 5.95 Å². The average molecular weight is 430 g/mol. The lowest BCUT2D eigenvalue weighted by molar-refractivity contribution is -0.138. The van der Waals surface area contributed by atoms with Crippen LogP contribution in [0.4, 0.5) is 5.95 Å². The minimum absolute atomic E-state index is 0.282. The minimum atomic E-state index is -0.448. The quantitative estimate of drug-likeness (QED) is 0.424. The summed E-state index contributed by atoms with van der Waals surface area (Å²) in [5.41, 5.74) is 4.74.